The Kier molecular flexibility index (Phi) is 8.28. The summed E-state index contributed by atoms with van der Waals surface area (Å²) in [7, 11) is 0. The van der Waals surface area contributed by atoms with Gasteiger partial charge in [-0.2, -0.15) is 0 Å². The van der Waals surface area contributed by atoms with Gasteiger partial charge in [-0.05, 0) is 43.4 Å². The molecule has 0 saturated heterocycles. The van der Waals surface area contributed by atoms with Crippen LogP contribution in [0.1, 0.15) is 37.7 Å². The Labute approximate surface area is 139 Å². The van der Waals surface area contributed by atoms with Crippen LogP contribution in [-0.2, 0) is 4.79 Å². The lowest BCUT2D eigenvalue weighted by molar-refractivity contribution is -0.122. The van der Waals surface area contributed by atoms with Gasteiger partial charge >= 0.3 is 0 Å². The number of halogens is 1. The SMILES string of the molecule is Cc1cccc(OCCNC(=O)CC2CCCCC2N)c1.Cl. The van der Waals surface area contributed by atoms with Crippen LogP contribution < -0.4 is 15.8 Å². The molecule has 1 aromatic carbocycles. The van der Waals surface area contributed by atoms with E-state index in [0.29, 0.717) is 25.5 Å². The van der Waals surface area contributed by atoms with Crippen molar-refractivity contribution in [2.45, 2.75) is 45.1 Å². The molecule has 3 N–H and O–H groups in total. The van der Waals surface area contributed by atoms with Crippen molar-refractivity contribution in [2.24, 2.45) is 11.7 Å². The maximum Gasteiger partial charge on any atom is 0.220 e. The number of aryl methyl sites for hydroxylation is 1. The quantitative estimate of drug-likeness (QED) is 0.790. The van der Waals surface area contributed by atoms with Gasteiger partial charge in [-0.25, -0.2) is 0 Å². The summed E-state index contributed by atoms with van der Waals surface area (Å²) in [6.45, 7) is 3.06. The molecule has 0 heterocycles. The molecular weight excluding hydrogens is 300 g/mol. The minimum Gasteiger partial charge on any atom is -0.492 e. The van der Waals surface area contributed by atoms with E-state index >= 15 is 0 Å². The lowest BCUT2D eigenvalue weighted by atomic mass is 9.83. The van der Waals surface area contributed by atoms with Gasteiger partial charge in [0.25, 0.3) is 0 Å². The number of rotatable bonds is 6. The number of carbonyl (C=O) groups is 1. The fourth-order valence-electron chi connectivity index (χ4n) is 2.86. The lowest BCUT2D eigenvalue weighted by Crippen LogP contribution is -2.37. The van der Waals surface area contributed by atoms with E-state index in [1.165, 1.54) is 18.4 Å². The van der Waals surface area contributed by atoms with Crippen molar-refractivity contribution in [3.63, 3.8) is 0 Å². The molecule has 1 fully saturated rings. The molecule has 2 rings (SSSR count). The summed E-state index contributed by atoms with van der Waals surface area (Å²) in [5, 5.41) is 2.92. The molecule has 124 valence electrons. The molecule has 5 heteroatoms. The van der Waals surface area contributed by atoms with Crippen LogP contribution in [-0.4, -0.2) is 25.1 Å². The lowest BCUT2D eigenvalue weighted by Gasteiger charge is -2.27. The summed E-state index contributed by atoms with van der Waals surface area (Å²) in [5.41, 5.74) is 7.24. The molecule has 1 saturated carbocycles. The van der Waals surface area contributed by atoms with Gasteiger partial charge < -0.3 is 15.8 Å². The molecule has 22 heavy (non-hydrogen) atoms. The van der Waals surface area contributed by atoms with Crippen LogP contribution >= 0.6 is 12.4 Å². The van der Waals surface area contributed by atoms with Crippen molar-refractivity contribution in [3.8, 4) is 5.75 Å². The largest absolute Gasteiger partial charge is 0.492 e. The molecule has 2 atom stereocenters. The zero-order valence-electron chi connectivity index (χ0n) is 13.2. The first kappa shape index (κ1) is 18.8. The Bertz CT molecular complexity index is 468. The van der Waals surface area contributed by atoms with Crippen molar-refractivity contribution in [3.05, 3.63) is 29.8 Å². The first-order chi connectivity index (χ1) is 10.1. The van der Waals surface area contributed by atoms with Crippen molar-refractivity contribution in [1.29, 1.82) is 0 Å². The first-order valence-electron chi connectivity index (χ1n) is 7.87. The van der Waals surface area contributed by atoms with Crippen LogP contribution in [0, 0.1) is 12.8 Å². The molecule has 1 amide bonds. The summed E-state index contributed by atoms with van der Waals surface area (Å²) in [6, 6.07) is 8.10. The van der Waals surface area contributed by atoms with Gasteiger partial charge in [0.2, 0.25) is 5.91 Å². The van der Waals surface area contributed by atoms with Crippen LogP contribution in [0.3, 0.4) is 0 Å². The van der Waals surface area contributed by atoms with Crippen molar-refractivity contribution in [1.82, 2.24) is 5.32 Å². The Morgan fingerprint density at radius 3 is 2.86 bits per heavy atom. The number of hydrogen-bond acceptors (Lipinski definition) is 3. The standard InChI is InChI=1S/C17H26N2O2.ClH/c1-13-5-4-7-15(11-13)21-10-9-19-17(20)12-14-6-2-3-8-16(14)18;/h4-5,7,11,14,16H,2-3,6,8-10,12,18H2,1H3,(H,19,20);1H. The van der Waals surface area contributed by atoms with Gasteiger partial charge in [0, 0.05) is 12.5 Å². The molecule has 4 nitrogen and oxygen atoms in total. The zero-order chi connectivity index (χ0) is 15.1. The van der Waals surface area contributed by atoms with Crippen molar-refractivity contribution in [2.75, 3.05) is 13.2 Å². The smallest absolute Gasteiger partial charge is 0.220 e. The average Bonchev–Trinajstić information content (AvgIpc) is 2.46. The van der Waals surface area contributed by atoms with Gasteiger partial charge in [-0.15, -0.1) is 12.4 Å². The highest BCUT2D eigenvalue weighted by molar-refractivity contribution is 5.85. The highest BCUT2D eigenvalue weighted by Gasteiger charge is 2.23. The van der Waals surface area contributed by atoms with E-state index in [1.54, 1.807) is 0 Å². The number of ether oxygens (including phenoxy) is 1. The second kappa shape index (κ2) is 9.70. The van der Waals surface area contributed by atoms with Crippen molar-refractivity contribution < 1.29 is 9.53 Å². The molecule has 0 aromatic heterocycles. The molecule has 0 bridgehead atoms. The number of amides is 1. The molecule has 1 aliphatic carbocycles. The second-order valence-corrected chi connectivity index (χ2v) is 5.93. The van der Waals surface area contributed by atoms with E-state index in [9.17, 15) is 4.79 Å². The van der Waals surface area contributed by atoms with Gasteiger partial charge in [0.05, 0.1) is 6.54 Å². The van der Waals surface area contributed by atoms with E-state index in [2.05, 4.69) is 5.32 Å². The second-order valence-electron chi connectivity index (χ2n) is 5.93. The van der Waals surface area contributed by atoms with Gasteiger partial charge in [-0.3, -0.25) is 4.79 Å². The van der Waals surface area contributed by atoms with E-state index < -0.39 is 0 Å². The van der Waals surface area contributed by atoms with Crippen LogP contribution in [0.5, 0.6) is 5.75 Å². The monoisotopic (exact) mass is 326 g/mol. The molecule has 1 aromatic rings. The highest BCUT2D eigenvalue weighted by Crippen LogP contribution is 2.25. The number of nitrogens with one attached hydrogen (secondary N) is 1. The van der Waals surface area contributed by atoms with Gasteiger partial charge in [-0.1, -0.05) is 25.0 Å². The summed E-state index contributed by atoms with van der Waals surface area (Å²) in [5.74, 6) is 1.28. The summed E-state index contributed by atoms with van der Waals surface area (Å²) < 4.78 is 5.61. The van der Waals surface area contributed by atoms with Crippen LogP contribution in [0.25, 0.3) is 0 Å². The maximum atomic E-state index is 11.9. The molecule has 0 spiro atoms. The minimum absolute atomic E-state index is 0. The third-order valence-corrected chi connectivity index (χ3v) is 4.10. The van der Waals surface area contributed by atoms with Crippen LogP contribution in [0.15, 0.2) is 24.3 Å². The van der Waals surface area contributed by atoms with Crippen LogP contribution in [0.2, 0.25) is 0 Å². The van der Waals surface area contributed by atoms with Gasteiger partial charge in [0.15, 0.2) is 0 Å². The number of hydrogen-bond donors (Lipinski definition) is 2. The van der Waals surface area contributed by atoms with Crippen molar-refractivity contribution >= 4 is 18.3 Å². The fourth-order valence-corrected chi connectivity index (χ4v) is 2.86. The van der Waals surface area contributed by atoms with E-state index in [-0.39, 0.29) is 24.4 Å². The molecule has 2 unspecified atom stereocenters. The number of benzene rings is 1. The number of nitrogens with two attached hydrogens (primary N) is 1. The fraction of sp³-hybridized carbons (Fsp3) is 0.588. The van der Waals surface area contributed by atoms with Crippen LogP contribution in [0.4, 0.5) is 0 Å². The van der Waals surface area contributed by atoms with E-state index in [4.69, 9.17) is 10.5 Å². The maximum absolute atomic E-state index is 11.9. The first-order valence-corrected chi connectivity index (χ1v) is 7.87. The Hall–Kier alpha value is -1.26. The summed E-state index contributed by atoms with van der Waals surface area (Å²) in [4.78, 5) is 11.9. The summed E-state index contributed by atoms with van der Waals surface area (Å²) in [6.07, 6.45) is 5.07. The van der Waals surface area contributed by atoms with Gasteiger partial charge in [0.1, 0.15) is 12.4 Å². The molecule has 0 radical (unpaired) electrons. The van der Waals surface area contributed by atoms with E-state index in [1.807, 2.05) is 31.2 Å². The third-order valence-electron chi connectivity index (χ3n) is 4.10. The highest BCUT2D eigenvalue weighted by atomic mass is 35.5. The molecule has 0 aliphatic heterocycles. The third kappa shape index (κ3) is 6.24. The van der Waals surface area contributed by atoms with E-state index in [0.717, 1.165) is 18.6 Å². The topological polar surface area (TPSA) is 64.3 Å². The minimum atomic E-state index is 0. The Morgan fingerprint density at radius 1 is 1.36 bits per heavy atom. The molecular formula is C17H27ClN2O2. The predicted octanol–water partition coefficient (Wildman–Crippen LogP) is 2.82. The predicted molar refractivity (Wildman–Crippen MR) is 91.5 cm³/mol. The average molecular weight is 327 g/mol. The summed E-state index contributed by atoms with van der Waals surface area (Å²) >= 11 is 0. The molecule has 1 aliphatic rings. The normalized spacial score (nSPS) is 20.8. The Morgan fingerprint density at radius 2 is 2.14 bits per heavy atom. The zero-order valence-corrected chi connectivity index (χ0v) is 14.0. The Balaban J connectivity index is 0.00000242. The number of carbonyl (C=O) groups excluding carboxylic acids is 1.